The van der Waals surface area contributed by atoms with Crippen molar-refractivity contribution < 1.29 is 26.7 Å². The number of pyridine rings is 1. The Morgan fingerprint density at radius 2 is 1.93 bits per heavy atom. The molecule has 2 heterocycles. The van der Waals surface area contributed by atoms with Crippen molar-refractivity contribution in [2.75, 3.05) is 11.6 Å². The minimum absolute atomic E-state index is 0.166. The summed E-state index contributed by atoms with van der Waals surface area (Å²) in [5.41, 5.74) is -1.18. The highest BCUT2D eigenvalue weighted by atomic mass is 32.2. The Hall–Kier alpha value is -2.62. The van der Waals surface area contributed by atoms with Gasteiger partial charge in [0.2, 0.25) is 6.41 Å². The van der Waals surface area contributed by atoms with Crippen LogP contribution in [0.1, 0.15) is 17.8 Å². The van der Waals surface area contributed by atoms with Gasteiger partial charge in [-0.25, -0.2) is 13.8 Å². The summed E-state index contributed by atoms with van der Waals surface area (Å²) in [6.07, 6.45) is -5.42. The van der Waals surface area contributed by atoms with Gasteiger partial charge in [-0.15, -0.1) is 11.8 Å². The number of hydrogen-bond donors (Lipinski definition) is 1. The number of halogens is 5. The van der Waals surface area contributed by atoms with Crippen molar-refractivity contribution in [2.45, 2.75) is 17.5 Å². The molecule has 142 valence electrons. The molecule has 0 radical (unpaired) electrons. The van der Waals surface area contributed by atoms with E-state index in [4.69, 9.17) is 0 Å². The highest BCUT2D eigenvalue weighted by Gasteiger charge is 2.33. The second kappa shape index (κ2) is 7.18. The highest BCUT2D eigenvalue weighted by molar-refractivity contribution is 7.98. The molecule has 0 aliphatic rings. The molecule has 0 saturated heterocycles. The number of rotatable bonds is 5. The fourth-order valence-electron chi connectivity index (χ4n) is 2.69. The summed E-state index contributed by atoms with van der Waals surface area (Å²) in [6.45, 7) is 0. The van der Waals surface area contributed by atoms with Gasteiger partial charge in [-0.1, -0.05) is 0 Å². The largest absolute Gasteiger partial charge is 0.433 e. The van der Waals surface area contributed by atoms with Crippen LogP contribution in [-0.4, -0.2) is 22.2 Å². The molecule has 0 atom stereocenters. The fraction of sp³-hybridized carbons (Fsp3) is 0.176. The quantitative estimate of drug-likeness (QED) is 0.360. The maximum Gasteiger partial charge on any atom is 0.433 e. The van der Waals surface area contributed by atoms with Gasteiger partial charge in [0.1, 0.15) is 11.3 Å². The Kier molecular flexibility index (Phi) is 5.09. The van der Waals surface area contributed by atoms with Gasteiger partial charge in [-0.05, 0) is 42.7 Å². The van der Waals surface area contributed by atoms with Crippen molar-refractivity contribution in [3.63, 3.8) is 0 Å². The highest BCUT2D eigenvalue weighted by Crippen LogP contribution is 2.35. The number of carbonyl (C=O) groups excluding carboxylic acids is 1. The van der Waals surface area contributed by atoms with Gasteiger partial charge in [0.05, 0.1) is 11.4 Å². The number of fused-ring (bicyclic) bond motifs is 1. The summed E-state index contributed by atoms with van der Waals surface area (Å²) < 4.78 is 67.1. The standard InChI is InChI=1S/C17H12F5N3OS/c1-27-13-7-10(3-4-11(13)23-8-26)25-12(15(18)19)6-9-2-5-14(17(20,21)22)24-16(9)25/h2-8,15H,1H3,(H,23,26). The van der Waals surface area contributed by atoms with Crippen LogP contribution in [0.2, 0.25) is 0 Å². The van der Waals surface area contributed by atoms with Gasteiger partial charge in [0, 0.05) is 16.0 Å². The Bertz CT molecular complexity index is 1000. The molecule has 10 heteroatoms. The first-order valence-electron chi connectivity index (χ1n) is 7.52. The molecular weight excluding hydrogens is 389 g/mol. The molecule has 0 bridgehead atoms. The third kappa shape index (κ3) is 3.61. The summed E-state index contributed by atoms with van der Waals surface area (Å²) >= 11 is 1.25. The second-order valence-electron chi connectivity index (χ2n) is 5.46. The van der Waals surface area contributed by atoms with Gasteiger partial charge >= 0.3 is 6.18 Å². The smallest absolute Gasteiger partial charge is 0.328 e. The third-order valence-corrected chi connectivity index (χ3v) is 4.63. The van der Waals surface area contributed by atoms with Crippen LogP contribution in [0.15, 0.2) is 41.3 Å². The Morgan fingerprint density at radius 1 is 1.19 bits per heavy atom. The Morgan fingerprint density at radius 3 is 2.52 bits per heavy atom. The molecule has 0 spiro atoms. The molecule has 27 heavy (non-hydrogen) atoms. The first kappa shape index (κ1) is 19.2. The molecule has 4 nitrogen and oxygen atoms in total. The number of benzene rings is 1. The number of amides is 1. The van der Waals surface area contributed by atoms with E-state index in [-0.39, 0.29) is 16.7 Å². The lowest BCUT2D eigenvalue weighted by Gasteiger charge is -2.14. The van der Waals surface area contributed by atoms with Crippen LogP contribution in [0.5, 0.6) is 0 Å². The summed E-state index contributed by atoms with van der Waals surface area (Å²) in [5, 5.41) is 2.65. The number of hydrogen-bond acceptors (Lipinski definition) is 3. The molecule has 3 aromatic rings. The fourth-order valence-corrected chi connectivity index (χ4v) is 3.27. The van der Waals surface area contributed by atoms with Gasteiger partial charge in [0.25, 0.3) is 6.43 Å². The van der Waals surface area contributed by atoms with Crippen LogP contribution in [0.25, 0.3) is 16.7 Å². The average molecular weight is 401 g/mol. The van der Waals surface area contributed by atoms with Crippen LogP contribution < -0.4 is 5.32 Å². The van der Waals surface area contributed by atoms with E-state index < -0.39 is 24.0 Å². The predicted octanol–water partition coefficient (Wildman–Crippen LogP) is 5.27. The Labute approximate surface area is 154 Å². The lowest BCUT2D eigenvalue weighted by molar-refractivity contribution is -0.141. The molecule has 0 fully saturated rings. The molecule has 1 aromatic carbocycles. The van der Waals surface area contributed by atoms with E-state index in [1.807, 2.05) is 0 Å². The van der Waals surface area contributed by atoms with Crippen LogP contribution in [0, 0.1) is 0 Å². The van der Waals surface area contributed by atoms with E-state index in [9.17, 15) is 26.7 Å². The van der Waals surface area contributed by atoms with E-state index in [1.165, 1.54) is 30.0 Å². The summed E-state index contributed by atoms with van der Waals surface area (Å²) in [4.78, 5) is 14.8. The van der Waals surface area contributed by atoms with E-state index in [0.717, 1.165) is 22.8 Å². The van der Waals surface area contributed by atoms with Crippen LogP contribution in [0.3, 0.4) is 0 Å². The molecule has 1 N–H and O–H groups in total. The number of thioether (sulfide) groups is 1. The number of anilines is 1. The van der Waals surface area contributed by atoms with E-state index in [0.29, 0.717) is 17.0 Å². The SMILES string of the molecule is CSc1cc(-n2c(C(F)F)cc3ccc(C(F)(F)F)nc32)ccc1NC=O. The number of nitrogens with one attached hydrogen (secondary N) is 1. The zero-order valence-electron chi connectivity index (χ0n) is 13.7. The van der Waals surface area contributed by atoms with Crippen molar-refractivity contribution in [2.24, 2.45) is 0 Å². The minimum atomic E-state index is -4.70. The first-order chi connectivity index (χ1) is 12.8. The van der Waals surface area contributed by atoms with E-state index >= 15 is 0 Å². The monoisotopic (exact) mass is 401 g/mol. The van der Waals surface area contributed by atoms with Gasteiger partial charge in [-0.2, -0.15) is 13.2 Å². The van der Waals surface area contributed by atoms with Crippen molar-refractivity contribution in [3.8, 4) is 5.69 Å². The normalized spacial score (nSPS) is 12.0. The molecule has 1 amide bonds. The topological polar surface area (TPSA) is 46.9 Å². The zero-order chi connectivity index (χ0) is 19.8. The molecule has 3 rings (SSSR count). The maximum atomic E-state index is 13.5. The number of aromatic nitrogens is 2. The second-order valence-corrected chi connectivity index (χ2v) is 6.31. The molecular formula is C17H12F5N3OS. The maximum absolute atomic E-state index is 13.5. The molecule has 0 aliphatic carbocycles. The Balaban J connectivity index is 2.28. The minimum Gasteiger partial charge on any atom is -0.328 e. The van der Waals surface area contributed by atoms with Crippen LogP contribution in [-0.2, 0) is 11.0 Å². The van der Waals surface area contributed by atoms with Gasteiger partial charge in [0.15, 0.2) is 0 Å². The van der Waals surface area contributed by atoms with E-state index in [1.54, 1.807) is 6.26 Å². The van der Waals surface area contributed by atoms with Crippen molar-refractivity contribution >= 4 is 34.9 Å². The summed E-state index contributed by atoms with van der Waals surface area (Å²) in [5.74, 6) is 0. The number of alkyl halides is 5. The lowest BCUT2D eigenvalue weighted by atomic mass is 10.2. The van der Waals surface area contributed by atoms with Crippen molar-refractivity contribution in [3.05, 3.63) is 47.8 Å². The predicted molar refractivity (Wildman–Crippen MR) is 92.5 cm³/mol. The van der Waals surface area contributed by atoms with Crippen LogP contribution in [0.4, 0.5) is 27.6 Å². The number of nitrogens with zero attached hydrogens (tertiary/aromatic N) is 2. The summed E-state index contributed by atoms with van der Waals surface area (Å²) in [6, 6.07) is 7.41. The van der Waals surface area contributed by atoms with Crippen molar-refractivity contribution in [1.29, 1.82) is 0 Å². The molecule has 2 aromatic heterocycles. The zero-order valence-corrected chi connectivity index (χ0v) is 14.5. The number of carbonyl (C=O) groups is 1. The average Bonchev–Trinajstić information content (AvgIpc) is 3.00. The van der Waals surface area contributed by atoms with Gasteiger partial charge in [-0.3, -0.25) is 9.36 Å². The first-order valence-corrected chi connectivity index (χ1v) is 8.75. The summed E-state index contributed by atoms with van der Waals surface area (Å²) in [7, 11) is 0. The van der Waals surface area contributed by atoms with Crippen LogP contribution >= 0.6 is 11.8 Å². The van der Waals surface area contributed by atoms with Gasteiger partial charge < -0.3 is 5.32 Å². The molecule has 0 aliphatic heterocycles. The third-order valence-electron chi connectivity index (χ3n) is 3.85. The van der Waals surface area contributed by atoms with Crippen molar-refractivity contribution in [1.82, 2.24) is 9.55 Å². The lowest BCUT2D eigenvalue weighted by Crippen LogP contribution is -2.09. The van der Waals surface area contributed by atoms with E-state index in [2.05, 4.69) is 10.3 Å². The molecule has 0 unspecified atom stereocenters. The molecule has 0 saturated carbocycles.